The van der Waals surface area contributed by atoms with Crippen LogP contribution in [0.5, 0.6) is 0 Å². The Labute approximate surface area is 215 Å². The highest BCUT2D eigenvalue weighted by atomic mass is 35.5. The number of nitrogens with two attached hydrogens (primary N) is 1. The van der Waals surface area contributed by atoms with Gasteiger partial charge in [0.15, 0.2) is 15.6 Å². The van der Waals surface area contributed by atoms with Gasteiger partial charge in [0.25, 0.3) is 0 Å². The van der Waals surface area contributed by atoms with Gasteiger partial charge >= 0.3 is 5.97 Å². The second-order valence-electron chi connectivity index (χ2n) is 9.09. The van der Waals surface area contributed by atoms with Crippen molar-refractivity contribution in [1.29, 1.82) is 0 Å². The van der Waals surface area contributed by atoms with Gasteiger partial charge in [0.1, 0.15) is 5.41 Å². The van der Waals surface area contributed by atoms with Crippen LogP contribution < -0.4 is 10.6 Å². The van der Waals surface area contributed by atoms with Crippen LogP contribution in [0, 0.1) is 12.3 Å². The van der Waals surface area contributed by atoms with Crippen LogP contribution >= 0.6 is 11.6 Å². The summed E-state index contributed by atoms with van der Waals surface area (Å²) in [5, 5.41) is 2.09. The number of sulfone groups is 1. The fourth-order valence-corrected chi connectivity index (χ4v) is 6.25. The number of carbonyl (C=O) groups is 2. The van der Waals surface area contributed by atoms with Crippen LogP contribution in [0.1, 0.15) is 25.0 Å². The second kappa shape index (κ2) is 10.2. The predicted molar refractivity (Wildman–Crippen MR) is 139 cm³/mol. The van der Waals surface area contributed by atoms with Crippen molar-refractivity contribution in [3.63, 3.8) is 0 Å². The summed E-state index contributed by atoms with van der Waals surface area (Å²) in [6, 6.07) is 13.6. The number of ketones is 1. The fourth-order valence-electron chi connectivity index (χ4n) is 4.80. The first-order valence-corrected chi connectivity index (χ1v) is 13.6. The molecule has 190 valence electrons. The van der Waals surface area contributed by atoms with Crippen molar-refractivity contribution in [3.05, 3.63) is 65.4 Å². The summed E-state index contributed by atoms with van der Waals surface area (Å²) in [5.41, 5.74) is 6.59. The van der Waals surface area contributed by atoms with Crippen LogP contribution in [0.2, 0.25) is 5.02 Å². The van der Waals surface area contributed by atoms with Crippen LogP contribution in [0.4, 0.5) is 5.69 Å². The Hall–Kier alpha value is -3.01. The Morgan fingerprint density at radius 2 is 1.89 bits per heavy atom. The summed E-state index contributed by atoms with van der Waals surface area (Å²) in [6.07, 6.45) is 0.919. The maximum absolute atomic E-state index is 13.4. The number of ether oxygens (including phenoxy) is 1. The van der Waals surface area contributed by atoms with Crippen LogP contribution in [0.3, 0.4) is 0 Å². The van der Waals surface area contributed by atoms with E-state index in [1.165, 1.54) is 13.2 Å². The molecule has 4 rings (SSSR count). The number of pyridine rings is 1. The summed E-state index contributed by atoms with van der Waals surface area (Å²) < 4.78 is 31.1. The number of piperidine rings is 1. The molecule has 1 saturated heterocycles. The monoisotopic (exact) mass is 529 g/mol. The molecular weight excluding hydrogens is 502 g/mol. The number of halogens is 1. The number of hydrogen-bond donors (Lipinski definition) is 1. The molecule has 3 aromatic rings. The Morgan fingerprint density at radius 3 is 2.58 bits per heavy atom. The van der Waals surface area contributed by atoms with E-state index in [1.54, 1.807) is 36.5 Å². The van der Waals surface area contributed by atoms with E-state index in [-0.39, 0.29) is 24.2 Å². The second-order valence-corrected chi connectivity index (χ2v) is 11.6. The van der Waals surface area contributed by atoms with E-state index in [9.17, 15) is 18.0 Å². The molecule has 1 aromatic heterocycles. The zero-order valence-electron chi connectivity index (χ0n) is 20.1. The average molecular weight is 530 g/mol. The van der Waals surface area contributed by atoms with Gasteiger partial charge in [-0.15, -0.1) is 0 Å². The van der Waals surface area contributed by atoms with Crippen molar-refractivity contribution >= 4 is 49.7 Å². The molecule has 2 heterocycles. The number of benzene rings is 2. The smallest absolute Gasteiger partial charge is 0.319 e. The van der Waals surface area contributed by atoms with Gasteiger partial charge in [-0.05, 0) is 60.5 Å². The molecule has 2 N–H and O–H groups in total. The van der Waals surface area contributed by atoms with E-state index >= 15 is 0 Å². The van der Waals surface area contributed by atoms with Crippen molar-refractivity contribution in [3.8, 4) is 0 Å². The van der Waals surface area contributed by atoms with Crippen molar-refractivity contribution in [2.45, 2.75) is 37.2 Å². The lowest BCUT2D eigenvalue weighted by atomic mass is 9.72. The van der Waals surface area contributed by atoms with Gasteiger partial charge < -0.3 is 15.4 Å². The average Bonchev–Trinajstić information content (AvgIpc) is 2.86. The Morgan fingerprint density at radius 1 is 1.17 bits per heavy atom. The van der Waals surface area contributed by atoms with Gasteiger partial charge in [-0.25, -0.2) is 8.42 Å². The zero-order valence-corrected chi connectivity index (χ0v) is 21.7. The number of hydrogen-bond acceptors (Lipinski definition) is 8. The summed E-state index contributed by atoms with van der Waals surface area (Å²) >= 11 is 6.01. The maximum atomic E-state index is 13.4. The number of aryl methyl sites for hydroxylation is 1. The molecule has 0 bridgehead atoms. The minimum Gasteiger partial charge on any atom is -0.468 e. The topological polar surface area (TPSA) is 120 Å². The molecule has 10 heteroatoms. The first kappa shape index (κ1) is 26.1. The number of esters is 1. The lowest BCUT2D eigenvalue weighted by Crippen LogP contribution is -2.57. The summed E-state index contributed by atoms with van der Waals surface area (Å²) in [6.45, 7) is 2.21. The standard InChI is InChI=1S/C26H28ClN3O5S/c1-17-13-21(7-10-29-17)30-11-9-26(16-24(30)28,25(32)35-2)23(31)8-12-36(33,34)22-6-4-18-14-20(27)5-3-19(18)15-22/h3-7,10,13-15,24H,8-9,11-12,16,28H2,1-2H3. The van der Waals surface area contributed by atoms with Gasteiger partial charge in [-0.1, -0.05) is 23.7 Å². The molecule has 1 aliphatic rings. The first-order valence-electron chi connectivity index (χ1n) is 11.5. The van der Waals surface area contributed by atoms with Crippen molar-refractivity contribution in [2.24, 2.45) is 11.1 Å². The van der Waals surface area contributed by atoms with Gasteiger partial charge in [-0.3, -0.25) is 14.6 Å². The quantitative estimate of drug-likeness (QED) is 0.363. The van der Waals surface area contributed by atoms with E-state index in [1.807, 2.05) is 24.0 Å². The molecule has 0 amide bonds. The van der Waals surface area contributed by atoms with Crippen molar-refractivity contribution in [2.75, 3.05) is 24.3 Å². The van der Waals surface area contributed by atoms with E-state index in [0.717, 1.165) is 22.2 Å². The summed E-state index contributed by atoms with van der Waals surface area (Å²) in [5.74, 6) is -1.59. The third-order valence-corrected chi connectivity index (χ3v) is 8.74. The number of fused-ring (bicyclic) bond motifs is 1. The third kappa shape index (κ3) is 5.09. The number of rotatable bonds is 7. The molecule has 2 unspecified atom stereocenters. The highest BCUT2D eigenvalue weighted by Crippen LogP contribution is 2.39. The molecule has 36 heavy (non-hydrogen) atoms. The normalized spacial score (nSPS) is 20.3. The van der Waals surface area contributed by atoms with E-state index in [4.69, 9.17) is 22.1 Å². The molecule has 0 saturated carbocycles. The molecule has 2 atom stereocenters. The molecular formula is C26H28ClN3O5S. The lowest BCUT2D eigenvalue weighted by Gasteiger charge is -2.43. The first-order chi connectivity index (χ1) is 17.1. The van der Waals surface area contributed by atoms with Gasteiger partial charge in [0.2, 0.25) is 0 Å². The van der Waals surface area contributed by atoms with E-state index in [2.05, 4.69) is 4.98 Å². The van der Waals surface area contributed by atoms with Crippen LogP contribution in [-0.4, -0.2) is 50.7 Å². The zero-order chi connectivity index (χ0) is 26.1. The highest BCUT2D eigenvalue weighted by Gasteiger charge is 2.51. The van der Waals surface area contributed by atoms with Crippen molar-refractivity contribution in [1.82, 2.24) is 4.98 Å². The van der Waals surface area contributed by atoms with Crippen LogP contribution in [0.25, 0.3) is 10.8 Å². The summed E-state index contributed by atoms with van der Waals surface area (Å²) in [7, 11) is -2.56. The number of anilines is 1. The fraction of sp³-hybridized carbons (Fsp3) is 0.346. The highest BCUT2D eigenvalue weighted by molar-refractivity contribution is 7.91. The number of nitrogens with zero attached hydrogens (tertiary/aromatic N) is 2. The maximum Gasteiger partial charge on any atom is 0.319 e. The molecule has 0 spiro atoms. The van der Waals surface area contributed by atoms with Crippen molar-refractivity contribution < 1.29 is 22.7 Å². The molecule has 0 aliphatic carbocycles. The summed E-state index contributed by atoms with van der Waals surface area (Å²) in [4.78, 5) is 32.5. The molecule has 1 fully saturated rings. The minimum absolute atomic E-state index is 0.0245. The van der Waals surface area contributed by atoms with Gasteiger partial charge in [-0.2, -0.15) is 0 Å². The number of carbonyl (C=O) groups excluding carboxylic acids is 2. The molecule has 0 radical (unpaired) electrons. The van der Waals surface area contributed by atoms with Gasteiger partial charge in [0, 0.05) is 42.0 Å². The molecule has 8 nitrogen and oxygen atoms in total. The molecule has 1 aliphatic heterocycles. The molecule has 2 aromatic carbocycles. The van der Waals surface area contributed by atoms with E-state index < -0.39 is 38.9 Å². The van der Waals surface area contributed by atoms with Crippen LogP contribution in [-0.2, 0) is 24.2 Å². The predicted octanol–water partition coefficient (Wildman–Crippen LogP) is 3.67. The number of methoxy groups -OCH3 is 1. The minimum atomic E-state index is -3.78. The Bertz CT molecular complexity index is 1430. The lowest BCUT2D eigenvalue weighted by molar-refractivity contribution is -0.160. The Balaban J connectivity index is 1.52. The van der Waals surface area contributed by atoms with E-state index in [0.29, 0.717) is 11.6 Å². The number of Topliss-reactive ketones (excluding diaryl/α,β-unsaturated/α-hetero) is 1. The van der Waals surface area contributed by atoms with Crippen LogP contribution in [0.15, 0.2) is 59.6 Å². The van der Waals surface area contributed by atoms with Gasteiger partial charge in [0.05, 0.1) is 23.9 Å². The number of aromatic nitrogens is 1. The largest absolute Gasteiger partial charge is 0.468 e. The SMILES string of the molecule is COC(=O)C1(C(=O)CCS(=O)(=O)c2ccc3cc(Cl)ccc3c2)CCN(c2ccnc(C)c2)C(N)C1. The third-order valence-electron chi connectivity index (χ3n) is 6.79. The Kier molecular flexibility index (Phi) is 7.36.